The van der Waals surface area contributed by atoms with Crippen LogP contribution in [0.25, 0.3) is 11.3 Å². The minimum Gasteiger partial charge on any atom is -0.383 e. The van der Waals surface area contributed by atoms with E-state index in [9.17, 15) is 5.11 Å². The van der Waals surface area contributed by atoms with Crippen LogP contribution in [0.1, 0.15) is 24.1 Å². The Balaban J connectivity index is 2.02. The van der Waals surface area contributed by atoms with Gasteiger partial charge in [0.1, 0.15) is 5.60 Å². The van der Waals surface area contributed by atoms with Gasteiger partial charge in [0.25, 0.3) is 0 Å². The fourth-order valence-corrected chi connectivity index (χ4v) is 3.53. The standard InChI is InChI=1S/C19H17NO/c1-19(21)16-11-6-5-10-15(16)17-12-7-13-20(17)18(19)14-8-3-2-4-9-14/h2-13,18,21H,1H3/t18-,19-/m0/s1. The van der Waals surface area contributed by atoms with Gasteiger partial charge in [-0.15, -0.1) is 0 Å². The maximum absolute atomic E-state index is 11.3. The van der Waals surface area contributed by atoms with Crippen molar-refractivity contribution in [3.63, 3.8) is 0 Å². The monoisotopic (exact) mass is 275 g/mol. The van der Waals surface area contributed by atoms with Crippen LogP contribution in [-0.2, 0) is 5.60 Å². The molecule has 0 amide bonds. The van der Waals surface area contributed by atoms with E-state index < -0.39 is 5.60 Å². The van der Waals surface area contributed by atoms with Gasteiger partial charge in [0.2, 0.25) is 0 Å². The van der Waals surface area contributed by atoms with Gasteiger partial charge >= 0.3 is 0 Å². The van der Waals surface area contributed by atoms with Crippen molar-refractivity contribution in [2.45, 2.75) is 18.6 Å². The Kier molecular flexibility index (Phi) is 2.57. The fraction of sp³-hybridized carbons (Fsp3) is 0.158. The summed E-state index contributed by atoms with van der Waals surface area (Å²) in [6.07, 6.45) is 2.05. The molecule has 0 spiro atoms. The molecule has 1 aliphatic rings. The van der Waals surface area contributed by atoms with Crippen LogP contribution in [0.5, 0.6) is 0 Å². The summed E-state index contributed by atoms with van der Waals surface area (Å²) in [7, 11) is 0. The molecule has 2 heterocycles. The SMILES string of the molecule is C[C@]1(O)c2ccccc2-c2cccn2[C@H]1c1ccccc1. The number of hydrogen-bond acceptors (Lipinski definition) is 1. The molecular formula is C19H17NO. The highest BCUT2D eigenvalue weighted by Gasteiger charge is 2.42. The highest BCUT2D eigenvalue weighted by atomic mass is 16.3. The molecule has 1 aromatic heterocycles. The van der Waals surface area contributed by atoms with Gasteiger partial charge in [0, 0.05) is 17.5 Å². The molecular weight excluding hydrogens is 258 g/mol. The van der Waals surface area contributed by atoms with Gasteiger partial charge in [0.05, 0.1) is 6.04 Å². The molecule has 21 heavy (non-hydrogen) atoms. The quantitative estimate of drug-likeness (QED) is 0.714. The fourth-order valence-electron chi connectivity index (χ4n) is 3.53. The summed E-state index contributed by atoms with van der Waals surface area (Å²) in [6, 6.07) is 22.4. The molecule has 2 atom stereocenters. The van der Waals surface area contributed by atoms with Crippen molar-refractivity contribution < 1.29 is 5.11 Å². The molecule has 4 rings (SSSR count). The van der Waals surface area contributed by atoms with Crippen LogP contribution in [0.4, 0.5) is 0 Å². The Hall–Kier alpha value is -2.32. The first-order valence-electron chi connectivity index (χ1n) is 7.23. The minimum absolute atomic E-state index is 0.112. The van der Waals surface area contributed by atoms with Crippen LogP contribution in [0, 0.1) is 0 Å². The first kappa shape index (κ1) is 12.4. The van der Waals surface area contributed by atoms with Gasteiger partial charge in [-0.25, -0.2) is 0 Å². The lowest BCUT2D eigenvalue weighted by Gasteiger charge is -2.41. The molecule has 104 valence electrons. The summed E-state index contributed by atoms with van der Waals surface area (Å²) >= 11 is 0. The molecule has 1 N–H and O–H groups in total. The van der Waals surface area contributed by atoms with Crippen LogP contribution in [0.2, 0.25) is 0 Å². The van der Waals surface area contributed by atoms with Crippen molar-refractivity contribution in [3.05, 3.63) is 84.1 Å². The number of benzene rings is 2. The summed E-state index contributed by atoms with van der Waals surface area (Å²) < 4.78 is 2.18. The van der Waals surface area contributed by atoms with Crippen molar-refractivity contribution >= 4 is 0 Å². The molecule has 1 aliphatic heterocycles. The molecule has 0 saturated carbocycles. The zero-order chi connectivity index (χ0) is 14.4. The van der Waals surface area contributed by atoms with Crippen molar-refractivity contribution in [1.29, 1.82) is 0 Å². The van der Waals surface area contributed by atoms with E-state index in [-0.39, 0.29) is 6.04 Å². The third-order valence-corrected chi connectivity index (χ3v) is 4.45. The van der Waals surface area contributed by atoms with Crippen molar-refractivity contribution in [1.82, 2.24) is 4.57 Å². The minimum atomic E-state index is -0.941. The number of rotatable bonds is 1. The molecule has 2 aromatic carbocycles. The second kappa shape index (κ2) is 4.34. The lowest BCUT2D eigenvalue weighted by molar-refractivity contribution is 0.0136. The second-order valence-electron chi connectivity index (χ2n) is 5.81. The first-order chi connectivity index (χ1) is 10.2. The molecule has 0 aliphatic carbocycles. The zero-order valence-corrected chi connectivity index (χ0v) is 11.9. The van der Waals surface area contributed by atoms with Gasteiger partial charge in [-0.2, -0.15) is 0 Å². The van der Waals surface area contributed by atoms with Gasteiger partial charge < -0.3 is 9.67 Å². The molecule has 0 saturated heterocycles. The Morgan fingerprint density at radius 3 is 2.43 bits per heavy atom. The molecule has 0 radical (unpaired) electrons. The molecule has 0 unspecified atom stereocenters. The Morgan fingerprint density at radius 1 is 0.905 bits per heavy atom. The summed E-state index contributed by atoms with van der Waals surface area (Å²) in [6.45, 7) is 1.91. The van der Waals surface area contributed by atoms with Crippen molar-refractivity contribution in [2.75, 3.05) is 0 Å². The lowest BCUT2D eigenvalue weighted by atomic mass is 9.78. The van der Waals surface area contributed by atoms with E-state index in [0.717, 1.165) is 22.4 Å². The third kappa shape index (κ3) is 1.69. The van der Waals surface area contributed by atoms with Crippen molar-refractivity contribution in [2.24, 2.45) is 0 Å². The van der Waals surface area contributed by atoms with Gasteiger partial charge in [0.15, 0.2) is 0 Å². The van der Waals surface area contributed by atoms with Crippen LogP contribution in [-0.4, -0.2) is 9.67 Å². The highest BCUT2D eigenvalue weighted by molar-refractivity contribution is 5.69. The van der Waals surface area contributed by atoms with Crippen LogP contribution in [0.15, 0.2) is 72.9 Å². The number of aromatic nitrogens is 1. The Bertz CT molecular complexity index is 786. The second-order valence-corrected chi connectivity index (χ2v) is 5.81. The smallest absolute Gasteiger partial charge is 0.112 e. The number of nitrogens with zero attached hydrogens (tertiary/aromatic N) is 1. The van der Waals surface area contributed by atoms with Gasteiger partial charge in [-0.05, 0) is 30.2 Å². The predicted molar refractivity (Wildman–Crippen MR) is 84.0 cm³/mol. The van der Waals surface area contributed by atoms with E-state index in [4.69, 9.17) is 0 Å². The maximum atomic E-state index is 11.3. The zero-order valence-electron chi connectivity index (χ0n) is 11.9. The summed E-state index contributed by atoms with van der Waals surface area (Å²) in [5.41, 5.74) is 3.44. The summed E-state index contributed by atoms with van der Waals surface area (Å²) in [5, 5.41) is 11.3. The van der Waals surface area contributed by atoms with Gasteiger partial charge in [-0.3, -0.25) is 0 Å². The maximum Gasteiger partial charge on any atom is 0.112 e. The Morgan fingerprint density at radius 2 is 1.62 bits per heavy atom. The average Bonchev–Trinajstić information content (AvgIpc) is 2.97. The third-order valence-electron chi connectivity index (χ3n) is 4.45. The van der Waals surface area contributed by atoms with E-state index in [1.54, 1.807) is 0 Å². The first-order valence-corrected chi connectivity index (χ1v) is 7.23. The number of fused-ring (bicyclic) bond motifs is 3. The van der Waals surface area contributed by atoms with E-state index in [0.29, 0.717) is 0 Å². The predicted octanol–water partition coefficient (Wildman–Crippen LogP) is 3.97. The summed E-state index contributed by atoms with van der Waals surface area (Å²) in [4.78, 5) is 0. The van der Waals surface area contributed by atoms with Crippen molar-refractivity contribution in [3.8, 4) is 11.3 Å². The van der Waals surface area contributed by atoms with E-state index in [2.05, 4.69) is 35.0 Å². The molecule has 2 heteroatoms. The molecule has 0 fully saturated rings. The molecule has 0 bridgehead atoms. The van der Waals surface area contributed by atoms with Crippen LogP contribution in [0.3, 0.4) is 0 Å². The average molecular weight is 275 g/mol. The van der Waals surface area contributed by atoms with E-state index >= 15 is 0 Å². The summed E-state index contributed by atoms with van der Waals surface area (Å²) in [5.74, 6) is 0. The van der Waals surface area contributed by atoms with E-state index in [1.807, 2.05) is 49.4 Å². The molecule has 2 nitrogen and oxygen atoms in total. The van der Waals surface area contributed by atoms with E-state index in [1.165, 1.54) is 0 Å². The topological polar surface area (TPSA) is 25.2 Å². The number of hydrogen-bond donors (Lipinski definition) is 1. The van der Waals surface area contributed by atoms with Gasteiger partial charge in [-0.1, -0.05) is 54.6 Å². The lowest BCUT2D eigenvalue weighted by Crippen LogP contribution is -2.38. The van der Waals surface area contributed by atoms with Crippen LogP contribution >= 0.6 is 0 Å². The largest absolute Gasteiger partial charge is 0.383 e. The normalized spacial score (nSPS) is 23.4. The molecule has 3 aromatic rings. The number of aliphatic hydroxyl groups is 1. The Labute approximate surface area is 124 Å². The highest BCUT2D eigenvalue weighted by Crippen LogP contribution is 2.47. The van der Waals surface area contributed by atoms with Crippen LogP contribution < -0.4 is 0 Å².